The highest BCUT2D eigenvalue weighted by molar-refractivity contribution is 5.76. The van der Waals surface area contributed by atoms with Gasteiger partial charge in [0.25, 0.3) is 0 Å². The normalized spacial score (nSPS) is 10.3. The maximum Gasteiger partial charge on any atom is 0.424 e. The van der Waals surface area contributed by atoms with E-state index in [0.717, 1.165) is 5.01 Å². The minimum absolute atomic E-state index is 0.0489. The van der Waals surface area contributed by atoms with E-state index >= 15 is 0 Å². The van der Waals surface area contributed by atoms with Crippen LogP contribution >= 0.6 is 0 Å². The molecule has 0 aromatic rings. The van der Waals surface area contributed by atoms with E-state index < -0.39 is 11.7 Å². The number of aldehydes is 1. The van der Waals surface area contributed by atoms with Gasteiger partial charge < -0.3 is 24.3 Å². The first-order valence-electron chi connectivity index (χ1n) is 8.37. The first kappa shape index (κ1) is 25.5. The van der Waals surface area contributed by atoms with Crippen LogP contribution in [0.25, 0.3) is 0 Å². The lowest BCUT2D eigenvalue weighted by Crippen LogP contribution is -2.43. The summed E-state index contributed by atoms with van der Waals surface area (Å²) in [6.45, 7) is 10.6. The van der Waals surface area contributed by atoms with Gasteiger partial charge in [-0.2, -0.15) is 0 Å². The summed E-state index contributed by atoms with van der Waals surface area (Å²) >= 11 is 0. The number of hydrogen-bond donors (Lipinski definition) is 2. The third-order valence-electron chi connectivity index (χ3n) is 2.33. The third-order valence-corrected chi connectivity index (χ3v) is 2.33. The zero-order valence-corrected chi connectivity index (χ0v) is 16.0. The molecule has 25 heavy (non-hydrogen) atoms. The second-order valence-electron chi connectivity index (χ2n) is 5.63. The van der Waals surface area contributed by atoms with Crippen molar-refractivity contribution < 1.29 is 28.6 Å². The topological polar surface area (TPSA) is 120 Å². The molecule has 9 heteroatoms. The van der Waals surface area contributed by atoms with E-state index in [2.05, 4.69) is 5.32 Å². The van der Waals surface area contributed by atoms with Crippen LogP contribution in [0.5, 0.6) is 0 Å². The van der Waals surface area contributed by atoms with Crippen LogP contribution < -0.4 is 11.2 Å². The van der Waals surface area contributed by atoms with Gasteiger partial charge in [0.15, 0.2) is 0 Å². The lowest BCUT2D eigenvalue weighted by Gasteiger charge is -2.24. The molecule has 9 nitrogen and oxygen atoms in total. The van der Waals surface area contributed by atoms with E-state index in [4.69, 9.17) is 20.1 Å². The fourth-order valence-corrected chi connectivity index (χ4v) is 1.34. The SMILES string of the molecule is CC.CC(C)(C)OC(=O)N(N)CCC(=O)NCCOCCOCC=O. The zero-order valence-electron chi connectivity index (χ0n) is 16.0. The molecule has 0 saturated carbocycles. The molecule has 0 spiro atoms. The van der Waals surface area contributed by atoms with Crippen LogP contribution in [-0.2, 0) is 23.8 Å². The van der Waals surface area contributed by atoms with E-state index in [1.54, 1.807) is 20.8 Å². The summed E-state index contributed by atoms with van der Waals surface area (Å²) in [5, 5.41) is 3.50. The van der Waals surface area contributed by atoms with Crippen molar-refractivity contribution in [2.45, 2.75) is 46.6 Å². The van der Waals surface area contributed by atoms with Crippen LogP contribution in [0.4, 0.5) is 4.79 Å². The van der Waals surface area contributed by atoms with Crippen LogP contribution in [-0.4, -0.2) is 68.4 Å². The van der Waals surface area contributed by atoms with Crippen molar-refractivity contribution in [3.8, 4) is 0 Å². The highest BCUT2D eigenvalue weighted by atomic mass is 16.6. The fourth-order valence-electron chi connectivity index (χ4n) is 1.34. The molecule has 0 rings (SSSR count). The largest absolute Gasteiger partial charge is 0.443 e. The summed E-state index contributed by atoms with van der Waals surface area (Å²) in [6, 6.07) is 0. The highest BCUT2D eigenvalue weighted by Crippen LogP contribution is 2.08. The molecule has 0 unspecified atom stereocenters. The molecule has 0 heterocycles. The molecule has 0 aliphatic rings. The van der Waals surface area contributed by atoms with Gasteiger partial charge in [0.05, 0.1) is 19.8 Å². The highest BCUT2D eigenvalue weighted by Gasteiger charge is 2.20. The number of ether oxygens (including phenoxy) is 3. The maximum atomic E-state index is 11.6. The smallest absolute Gasteiger partial charge is 0.424 e. The van der Waals surface area contributed by atoms with E-state index in [1.165, 1.54) is 0 Å². The van der Waals surface area contributed by atoms with Crippen LogP contribution in [0.1, 0.15) is 41.0 Å². The van der Waals surface area contributed by atoms with Crippen molar-refractivity contribution in [1.29, 1.82) is 0 Å². The van der Waals surface area contributed by atoms with Gasteiger partial charge in [-0.15, -0.1) is 0 Å². The Bertz CT molecular complexity index is 371. The van der Waals surface area contributed by atoms with Crippen LogP contribution in [0.3, 0.4) is 0 Å². The molecule has 0 saturated heterocycles. The Balaban J connectivity index is 0. The molecule has 148 valence electrons. The quantitative estimate of drug-likeness (QED) is 0.184. The summed E-state index contributed by atoms with van der Waals surface area (Å²) in [5.41, 5.74) is -0.635. The lowest BCUT2D eigenvalue weighted by atomic mass is 10.2. The molecule has 3 N–H and O–H groups in total. The van der Waals surface area contributed by atoms with Gasteiger partial charge >= 0.3 is 6.09 Å². The first-order valence-corrected chi connectivity index (χ1v) is 8.37. The summed E-state index contributed by atoms with van der Waals surface area (Å²) < 4.78 is 15.1. The number of hydrazine groups is 1. The van der Waals surface area contributed by atoms with Crippen molar-refractivity contribution in [3.63, 3.8) is 0 Å². The summed E-state index contributed by atoms with van der Waals surface area (Å²) in [5.74, 6) is 5.28. The van der Waals surface area contributed by atoms with Crippen molar-refractivity contribution in [3.05, 3.63) is 0 Å². The summed E-state index contributed by atoms with van der Waals surface area (Å²) in [4.78, 5) is 33.1. The molecule has 0 atom stereocenters. The van der Waals surface area contributed by atoms with Crippen molar-refractivity contribution >= 4 is 18.3 Å². The maximum absolute atomic E-state index is 11.6. The Morgan fingerprint density at radius 3 is 2.28 bits per heavy atom. The van der Waals surface area contributed by atoms with E-state index in [9.17, 15) is 14.4 Å². The van der Waals surface area contributed by atoms with Crippen molar-refractivity contribution in [2.75, 3.05) is 39.5 Å². The zero-order chi connectivity index (χ0) is 19.7. The number of amides is 2. The Kier molecular flexibility index (Phi) is 16.1. The monoisotopic (exact) mass is 363 g/mol. The van der Waals surface area contributed by atoms with E-state index in [1.807, 2.05) is 13.8 Å². The Morgan fingerprint density at radius 1 is 1.12 bits per heavy atom. The van der Waals surface area contributed by atoms with Gasteiger partial charge in [-0.05, 0) is 20.8 Å². The second-order valence-corrected chi connectivity index (χ2v) is 5.63. The molecular weight excluding hydrogens is 330 g/mol. The molecular formula is C16H33N3O6. The molecule has 2 amide bonds. The minimum atomic E-state index is -0.677. The number of carbonyl (C=O) groups is 3. The summed E-state index contributed by atoms with van der Waals surface area (Å²) in [7, 11) is 0. The number of hydrogen-bond acceptors (Lipinski definition) is 7. The van der Waals surface area contributed by atoms with E-state index in [-0.39, 0.29) is 25.5 Å². The molecule has 0 radical (unpaired) electrons. The molecule has 0 aliphatic heterocycles. The number of nitrogens with one attached hydrogen (secondary N) is 1. The van der Waals surface area contributed by atoms with Gasteiger partial charge in [-0.1, -0.05) is 13.8 Å². The van der Waals surface area contributed by atoms with Gasteiger partial charge in [0.1, 0.15) is 18.5 Å². The minimum Gasteiger partial charge on any atom is -0.443 e. The molecule has 0 bridgehead atoms. The van der Waals surface area contributed by atoms with Crippen molar-refractivity contribution in [2.24, 2.45) is 5.84 Å². The van der Waals surface area contributed by atoms with Crippen LogP contribution in [0, 0.1) is 0 Å². The number of nitrogens with zero attached hydrogens (tertiary/aromatic N) is 1. The van der Waals surface area contributed by atoms with Crippen molar-refractivity contribution in [1.82, 2.24) is 10.3 Å². The van der Waals surface area contributed by atoms with Gasteiger partial charge in [-0.25, -0.2) is 15.6 Å². The molecule has 0 aromatic heterocycles. The number of rotatable bonds is 11. The van der Waals surface area contributed by atoms with E-state index in [0.29, 0.717) is 32.7 Å². The van der Waals surface area contributed by atoms with Crippen LogP contribution in [0.2, 0.25) is 0 Å². The molecule has 0 aromatic carbocycles. The average Bonchev–Trinajstić information content (AvgIpc) is 2.55. The first-order chi connectivity index (χ1) is 11.8. The molecule has 0 fully saturated rings. The predicted octanol–water partition coefficient (Wildman–Crippen LogP) is 0.862. The fraction of sp³-hybridized carbons (Fsp3) is 0.812. The predicted molar refractivity (Wildman–Crippen MR) is 93.8 cm³/mol. The Hall–Kier alpha value is -1.71. The number of carbonyl (C=O) groups excluding carboxylic acids is 3. The number of nitrogens with two attached hydrogens (primary N) is 1. The standard InChI is InChI=1S/C14H27N3O6.C2H6/c1-14(2,3)23-13(20)17(15)6-4-12(19)16-5-8-21-10-11-22-9-7-18;1-2/h7H,4-6,8-11,15H2,1-3H3,(H,16,19);1-2H3. The summed E-state index contributed by atoms with van der Waals surface area (Å²) in [6.07, 6.45) is 0.0557. The van der Waals surface area contributed by atoms with Gasteiger partial charge in [0.2, 0.25) is 5.91 Å². The van der Waals surface area contributed by atoms with Gasteiger partial charge in [0, 0.05) is 19.5 Å². The Morgan fingerprint density at radius 2 is 1.72 bits per heavy atom. The second kappa shape index (κ2) is 15.8. The average molecular weight is 363 g/mol. The van der Waals surface area contributed by atoms with Gasteiger partial charge in [-0.3, -0.25) is 4.79 Å². The third kappa shape index (κ3) is 18.5. The van der Waals surface area contributed by atoms with Crippen LogP contribution in [0.15, 0.2) is 0 Å². The lowest BCUT2D eigenvalue weighted by molar-refractivity contribution is -0.121. The Labute approximate surface area is 150 Å². The molecule has 0 aliphatic carbocycles.